The first-order valence-electron chi connectivity index (χ1n) is 6.83. The zero-order valence-corrected chi connectivity index (χ0v) is 10.5. The molecular weight excluding hydrogens is 198 g/mol. The smallest absolute Gasteiger partial charge is 0.0529 e. The second-order valence-corrected chi connectivity index (χ2v) is 5.23. The van der Waals surface area contributed by atoms with E-state index >= 15 is 0 Å². The third-order valence-corrected chi connectivity index (χ3v) is 3.93. The maximum atomic E-state index is 5.46. The lowest BCUT2D eigenvalue weighted by molar-refractivity contribution is 0.191. The molecule has 1 aliphatic carbocycles. The second-order valence-electron chi connectivity index (χ2n) is 5.23. The standard InChI is InChI=1S/C14H25NO/c1-15-10-14(9-12-7-8-16-11-12)13-5-3-2-4-6-13/h9,12-13,15H,2-8,10-11H2,1H3/b14-9-. The number of ether oxygens (including phenoxy) is 1. The molecule has 1 saturated carbocycles. The Balaban J connectivity index is 1.96. The molecule has 1 heterocycles. The SMILES string of the molecule is CNC/C(=C/C1CCOC1)C1CCCCC1. The van der Waals surface area contributed by atoms with Crippen molar-refractivity contribution in [3.05, 3.63) is 11.6 Å². The van der Waals surface area contributed by atoms with E-state index in [0.29, 0.717) is 5.92 Å². The lowest BCUT2D eigenvalue weighted by Crippen LogP contribution is -2.20. The summed E-state index contributed by atoms with van der Waals surface area (Å²) >= 11 is 0. The average molecular weight is 223 g/mol. The van der Waals surface area contributed by atoms with Gasteiger partial charge in [-0.2, -0.15) is 0 Å². The van der Waals surface area contributed by atoms with Crippen LogP contribution in [0.15, 0.2) is 11.6 Å². The summed E-state index contributed by atoms with van der Waals surface area (Å²) in [6.07, 6.45) is 10.8. The maximum Gasteiger partial charge on any atom is 0.0529 e. The molecule has 2 aliphatic rings. The van der Waals surface area contributed by atoms with Crippen LogP contribution in [0.5, 0.6) is 0 Å². The van der Waals surface area contributed by atoms with E-state index in [0.717, 1.165) is 25.7 Å². The van der Waals surface area contributed by atoms with Crippen molar-refractivity contribution >= 4 is 0 Å². The van der Waals surface area contributed by atoms with Crippen LogP contribution in [0.1, 0.15) is 38.5 Å². The van der Waals surface area contributed by atoms with Crippen molar-refractivity contribution < 1.29 is 4.74 Å². The average Bonchev–Trinajstić information content (AvgIpc) is 2.83. The van der Waals surface area contributed by atoms with Gasteiger partial charge in [0.05, 0.1) is 6.61 Å². The van der Waals surface area contributed by atoms with Crippen LogP contribution >= 0.6 is 0 Å². The van der Waals surface area contributed by atoms with Crippen LogP contribution in [0.25, 0.3) is 0 Å². The molecule has 2 rings (SSSR count). The second kappa shape index (κ2) is 6.41. The molecule has 16 heavy (non-hydrogen) atoms. The van der Waals surface area contributed by atoms with E-state index in [1.165, 1.54) is 38.5 Å². The Kier molecular flexibility index (Phi) is 4.86. The molecule has 1 atom stereocenters. The molecular formula is C14H25NO. The third kappa shape index (κ3) is 3.33. The molecule has 1 saturated heterocycles. The minimum Gasteiger partial charge on any atom is -0.381 e. The summed E-state index contributed by atoms with van der Waals surface area (Å²) in [5.41, 5.74) is 1.65. The van der Waals surface area contributed by atoms with Crippen molar-refractivity contribution in [2.24, 2.45) is 11.8 Å². The van der Waals surface area contributed by atoms with E-state index in [1.807, 2.05) is 0 Å². The third-order valence-electron chi connectivity index (χ3n) is 3.93. The lowest BCUT2D eigenvalue weighted by atomic mass is 9.82. The van der Waals surface area contributed by atoms with E-state index in [1.54, 1.807) is 5.57 Å². The zero-order chi connectivity index (χ0) is 11.2. The topological polar surface area (TPSA) is 21.3 Å². The molecule has 0 radical (unpaired) electrons. The quantitative estimate of drug-likeness (QED) is 0.740. The van der Waals surface area contributed by atoms with Gasteiger partial charge in [0.15, 0.2) is 0 Å². The zero-order valence-electron chi connectivity index (χ0n) is 10.5. The largest absolute Gasteiger partial charge is 0.381 e. The van der Waals surface area contributed by atoms with Gasteiger partial charge in [0, 0.05) is 19.1 Å². The van der Waals surface area contributed by atoms with Crippen LogP contribution in [-0.2, 0) is 4.74 Å². The van der Waals surface area contributed by atoms with Crippen molar-refractivity contribution in [2.75, 3.05) is 26.8 Å². The van der Waals surface area contributed by atoms with Gasteiger partial charge in [-0.3, -0.25) is 0 Å². The van der Waals surface area contributed by atoms with E-state index in [-0.39, 0.29) is 0 Å². The fraction of sp³-hybridized carbons (Fsp3) is 0.857. The Bertz CT molecular complexity index is 225. The van der Waals surface area contributed by atoms with Crippen molar-refractivity contribution in [3.63, 3.8) is 0 Å². The highest BCUT2D eigenvalue weighted by Crippen LogP contribution is 2.31. The maximum absolute atomic E-state index is 5.46. The van der Waals surface area contributed by atoms with Gasteiger partial charge in [-0.05, 0) is 32.2 Å². The molecule has 1 unspecified atom stereocenters. The van der Waals surface area contributed by atoms with Gasteiger partial charge in [-0.15, -0.1) is 0 Å². The summed E-state index contributed by atoms with van der Waals surface area (Å²) in [6, 6.07) is 0. The fourth-order valence-corrected chi connectivity index (χ4v) is 3.00. The predicted octanol–water partition coefficient (Wildman–Crippen LogP) is 2.75. The highest BCUT2D eigenvalue weighted by Gasteiger charge is 2.20. The minimum absolute atomic E-state index is 0.685. The van der Waals surface area contributed by atoms with Gasteiger partial charge >= 0.3 is 0 Å². The molecule has 1 N–H and O–H groups in total. The molecule has 1 aliphatic heterocycles. The van der Waals surface area contributed by atoms with E-state index in [2.05, 4.69) is 18.4 Å². The van der Waals surface area contributed by atoms with E-state index in [9.17, 15) is 0 Å². The van der Waals surface area contributed by atoms with Gasteiger partial charge < -0.3 is 10.1 Å². The summed E-state index contributed by atoms with van der Waals surface area (Å²) in [5, 5.41) is 3.33. The lowest BCUT2D eigenvalue weighted by Gasteiger charge is -2.25. The molecule has 0 bridgehead atoms. The monoisotopic (exact) mass is 223 g/mol. The summed E-state index contributed by atoms with van der Waals surface area (Å²) < 4.78 is 5.46. The van der Waals surface area contributed by atoms with Crippen molar-refractivity contribution in [1.29, 1.82) is 0 Å². The number of nitrogens with one attached hydrogen (secondary N) is 1. The Labute approximate surface area is 99.4 Å². The molecule has 0 aromatic rings. The fourth-order valence-electron chi connectivity index (χ4n) is 3.00. The van der Waals surface area contributed by atoms with Gasteiger partial charge in [0.1, 0.15) is 0 Å². The molecule has 0 aromatic heterocycles. The van der Waals surface area contributed by atoms with Crippen LogP contribution in [0.2, 0.25) is 0 Å². The molecule has 2 heteroatoms. The Morgan fingerprint density at radius 3 is 2.69 bits per heavy atom. The van der Waals surface area contributed by atoms with Crippen LogP contribution in [-0.4, -0.2) is 26.8 Å². The Morgan fingerprint density at radius 2 is 2.06 bits per heavy atom. The van der Waals surface area contributed by atoms with E-state index in [4.69, 9.17) is 4.74 Å². The van der Waals surface area contributed by atoms with Gasteiger partial charge in [0.2, 0.25) is 0 Å². The molecule has 92 valence electrons. The molecule has 2 nitrogen and oxygen atoms in total. The van der Waals surface area contributed by atoms with Gasteiger partial charge in [-0.1, -0.05) is 30.9 Å². The first-order valence-corrected chi connectivity index (χ1v) is 6.83. The molecule has 0 amide bonds. The van der Waals surface area contributed by atoms with Crippen LogP contribution in [0.3, 0.4) is 0 Å². The molecule has 0 aromatic carbocycles. The first-order chi connectivity index (χ1) is 7.90. The molecule has 0 spiro atoms. The molecule has 2 fully saturated rings. The van der Waals surface area contributed by atoms with E-state index < -0.39 is 0 Å². The highest BCUT2D eigenvalue weighted by atomic mass is 16.5. The summed E-state index contributed by atoms with van der Waals surface area (Å²) in [7, 11) is 2.06. The van der Waals surface area contributed by atoms with Crippen LogP contribution < -0.4 is 5.32 Å². The first kappa shape index (κ1) is 12.1. The number of likely N-dealkylation sites (N-methyl/N-ethyl adjacent to an activating group) is 1. The van der Waals surface area contributed by atoms with Crippen molar-refractivity contribution in [1.82, 2.24) is 5.32 Å². The summed E-state index contributed by atoms with van der Waals surface area (Å²) in [5.74, 6) is 1.53. The van der Waals surface area contributed by atoms with Crippen molar-refractivity contribution in [2.45, 2.75) is 38.5 Å². The van der Waals surface area contributed by atoms with Crippen molar-refractivity contribution in [3.8, 4) is 0 Å². The Hall–Kier alpha value is -0.340. The Morgan fingerprint density at radius 1 is 1.25 bits per heavy atom. The number of hydrogen-bond donors (Lipinski definition) is 1. The van der Waals surface area contributed by atoms with Crippen LogP contribution in [0, 0.1) is 11.8 Å². The predicted molar refractivity (Wildman–Crippen MR) is 67.5 cm³/mol. The highest BCUT2D eigenvalue weighted by molar-refractivity contribution is 5.12. The minimum atomic E-state index is 0.685. The van der Waals surface area contributed by atoms with Gasteiger partial charge in [0.25, 0.3) is 0 Å². The number of rotatable bonds is 4. The van der Waals surface area contributed by atoms with Crippen LogP contribution in [0.4, 0.5) is 0 Å². The summed E-state index contributed by atoms with van der Waals surface area (Å²) in [4.78, 5) is 0. The van der Waals surface area contributed by atoms with Gasteiger partial charge in [-0.25, -0.2) is 0 Å². The summed E-state index contributed by atoms with van der Waals surface area (Å²) in [6.45, 7) is 2.97. The number of hydrogen-bond acceptors (Lipinski definition) is 2. The normalized spacial score (nSPS) is 28.6.